The van der Waals surface area contributed by atoms with Crippen molar-refractivity contribution in [2.24, 2.45) is 0 Å². The highest BCUT2D eigenvalue weighted by molar-refractivity contribution is 9.10. The Hall–Kier alpha value is -2.59. The minimum Gasteiger partial charge on any atom is -0.496 e. The lowest BCUT2D eigenvalue weighted by Crippen LogP contribution is -2.24. The molecule has 0 bridgehead atoms. The van der Waals surface area contributed by atoms with Gasteiger partial charge in [-0.15, -0.1) is 0 Å². The summed E-state index contributed by atoms with van der Waals surface area (Å²) in [5, 5.41) is 2.31. The van der Waals surface area contributed by atoms with Gasteiger partial charge in [-0.3, -0.25) is 4.79 Å². The molecule has 1 aromatic heterocycles. The van der Waals surface area contributed by atoms with Gasteiger partial charge in [0.1, 0.15) is 11.3 Å². The van der Waals surface area contributed by atoms with Crippen LogP contribution in [0.3, 0.4) is 0 Å². The van der Waals surface area contributed by atoms with Gasteiger partial charge in [0.2, 0.25) is 5.43 Å². The highest BCUT2D eigenvalue weighted by Crippen LogP contribution is 2.31. The molecule has 3 nitrogen and oxygen atoms in total. The van der Waals surface area contributed by atoms with Crippen molar-refractivity contribution in [2.45, 2.75) is 0 Å². The number of hydrogen-bond donors (Lipinski definition) is 0. The molecule has 0 radical (unpaired) electrons. The monoisotopic (exact) mass is 380 g/mol. The van der Waals surface area contributed by atoms with E-state index in [0.29, 0.717) is 16.4 Å². The number of methoxy groups -OCH3 is 1. The maximum absolute atomic E-state index is 12.8. The summed E-state index contributed by atoms with van der Waals surface area (Å²) in [7, 11) is 1.62. The van der Waals surface area contributed by atoms with Crippen LogP contribution in [-0.2, 0) is 0 Å². The molecule has 24 heavy (non-hydrogen) atoms. The summed E-state index contributed by atoms with van der Waals surface area (Å²) in [5.74, 6) is 0.729. The van der Waals surface area contributed by atoms with E-state index in [-0.39, 0.29) is 5.43 Å². The summed E-state index contributed by atoms with van der Waals surface area (Å²) in [6, 6.07) is 17.0. The Labute approximate surface area is 146 Å². The number of ether oxygens (including phenoxy) is 1. The van der Waals surface area contributed by atoms with Crippen molar-refractivity contribution in [2.75, 3.05) is 7.11 Å². The molecule has 0 aliphatic heterocycles. The Morgan fingerprint density at radius 3 is 2.54 bits per heavy atom. The number of hydrogen-bond acceptors (Lipinski definition) is 3. The van der Waals surface area contributed by atoms with Crippen LogP contribution in [0.25, 0.3) is 27.8 Å². The van der Waals surface area contributed by atoms with E-state index < -0.39 is 0 Å². The first-order valence-electron chi connectivity index (χ1n) is 7.47. The van der Waals surface area contributed by atoms with Crippen LogP contribution < -0.4 is 15.6 Å². The summed E-state index contributed by atoms with van der Waals surface area (Å²) in [6.45, 7) is 0. The maximum atomic E-state index is 12.8. The van der Waals surface area contributed by atoms with E-state index in [4.69, 9.17) is 9.15 Å². The van der Waals surface area contributed by atoms with E-state index >= 15 is 0 Å². The molecule has 0 fully saturated rings. The second kappa shape index (κ2) is 5.80. The highest BCUT2D eigenvalue weighted by atomic mass is 79.9. The number of benzene rings is 3. The lowest BCUT2D eigenvalue weighted by atomic mass is 10.0. The molecule has 0 amide bonds. The molecule has 1 heterocycles. The molecule has 0 aliphatic rings. The largest absolute Gasteiger partial charge is 0.496 e. The SMILES string of the molecule is COc1ccc2c(=O)c(=Cc3ccc(Br)cc3)oc3cccc1c32. The van der Waals surface area contributed by atoms with Gasteiger partial charge in [-0.25, -0.2) is 0 Å². The summed E-state index contributed by atoms with van der Waals surface area (Å²) in [4.78, 5) is 12.8. The summed E-state index contributed by atoms with van der Waals surface area (Å²) in [6.07, 6.45) is 1.76. The third-order valence-electron chi connectivity index (χ3n) is 4.04. The molecule has 4 rings (SSSR count). The normalized spacial score (nSPS) is 12.2. The molecular formula is C20H13BrO3. The topological polar surface area (TPSA) is 39.4 Å². The standard InChI is InChI=1S/C20H13BrO3/c1-23-16-10-9-15-19-14(16)3-2-4-17(19)24-18(20(15)22)11-12-5-7-13(21)8-6-12/h2-11H,1H3. The van der Waals surface area contributed by atoms with Gasteiger partial charge in [-0.05, 0) is 42.0 Å². The van der Waals surface area contributed by atoms with Crippen LogP contribution in [0, 0.1) is 0 Å². The fraction of sp³-hybridized carbons (Fsp3) is 0.0500. The van der Waals surface area contributed by atoms with Gasteiger partial charge in [-0.1, -0.05) is 40.2 Å². The fourth-order valence-electron chi connectivity index (χ4n) is 2.90. The first-order chi connectivity index (χ1) is 11.7. The van der Waals surface area contributed by atoms with Gasteiger partial charge in [0, 0.05) is 20.6 Å². The first kappa shape index (κ1) is 15.0. The Morgan fingerprint density at radius 2 is 1.79 bits per heavy atom. The van der Waals surface area contributed by atoms with Gasteiger partial charge in [0.05, 0.1) is 7.11 Å². The zero-order chi connectivity index (χ0) is 16.7. The molecule has 118 valence electrons. The van der Waals surface area contributed by atoms with Gasteiger partial charge in [0.15, 0.2) is 5.42 Å². The van der Waals surface area contributed by atoms with Crippen molar-refractivity contribution in [3.63, 3.8) is 0 Å². The van der Waals surface area contributed by atoms with Crippen molar-refractivity contribution in [1.82, 2.24) is 0 Å². The van der Waals surface area contributed by atoms with Crippen LogP contribution >= 0.6 is 15.9 Å². The Balaban J connectivity index is 2.08. The number of rotatable bonds is 2. The average molecular weight is 381 g/mol. The lowest BCUT2D eigenvalue weighted by Gasteiger charge is -2.08. The Kier molecular flexibility index (Phi) is 3.62. The quantitative estimate of drug-likeness (QED) is 0.521. The predicted octanol–water partition coefficient (Wildman–Crippen LogP) is 4.27. The van der Waals surface area contributed by atoms with Crippen LogP contribution in [-0.4, -0.2) is 7.11 Å². The summed E-state index contributed by atoms with van der Waals surface area (Å²) < 4.78 is 12.3. The van der Waals surface area contributed by atoms with E-state index in [2.05, 4.69) is 15.9 Å². The average Bonchev–Trinajstić information content (AvgIpc) is 2.61. The van der Waals surface area contributed by atoms with Crippen molar-refractivity contribution < 1.29 is 9.15 Å². The fourth-order valence-corrected chi connectivity index (χ4v) is 3.17. The molecule has 0 spiro atoms. The summed E-state index contributed by atoms with van der Waals surface area (Å²) in [5.41, 5.74) is 1.78. The van der Waals surface area contributed by atoms with Crippen LogP contribution in [0.15, 0.2) is 68.3 Å². The van der Waals surface area contributed by atoms with Crippen LogP contribution in [0.2, 0.25) is 0 Å². The maximum Gasteiger partial charge on any atom is 0.228 e. The van der Waals surface area contributed by atoms with E-state index in [9.17, 15) is 4.79 Å². The van der Waals surface area contributed by atoms with Gasteiger partial charge >= 0.3 is 0 Å². The molecule has 3 aromatic carbocycles. The second-order valence-electron chi connectivity index (χ2n) is 5.49. The molecule has 0 saturated carbocycles. The Morgan fingerprint density at radius 1 is 1.00 bits per heavy atom. The van der Waals surface area contributed by atoms with Gasteiger partial charge in [-0.2, -0.15) is 0 Å². The molecule has 0 atom stereocenters. The van der Waals surface area contributed by atoms with Crippen molar-refractivity contribution in [1.29, 1.82) is 0 Å². The van der Waals surface area contributed by atoms with E-state index in [1.54, 1.807) is 19.3 Å². The third kappa shape index (κ3) is 2.39. The van der Waals surface area contributed by atoms with Crippen LogP contribution in [0.4, 0.5) is 0 Å². The number of halogens is 1. The third-order valence-corrected chi connectivity index (χ3v) is 4.57. The van der Waals surface area contributed by atoms with Gasteiger partial charge < -0.3 is 9.15 Å². The second-order valence-corrected chi connectivity index (χ2v) is 6.40. The first-order valence-corrected chi connectivity index (χ1v) is 8.26. The zero-order valence-electron chi connectivity index (χ0n) is 12.9. The minimum atomic E-state index is -0.121. The van der Waals surface area contributed by atoms with Gasteiger partial charge in [0.25, 0.3) is 0 Å². The minimum absolute atomic E-state index is 0.121. The van der Waals surface area contributed by atoms with Crippen LogP contribution in [0.5, 0.6) is 5.75 Å². The van der Waals surface area contributed by atoms with Crippen molar-refractivity contribution >= 4 is 43.7 Å². The highest BCUT2D eigenvalue weighted by Gasteiger charge is 2.12. The predicted molar refractivity (Wildman–Crippen MR) is 99.5 cm³/mol. The molecule has 0 aliphatic carbocycles. The molecule has 4 heteroatoms. The molecule has 4 aromatic rings. The zero-order valence-corrected chi connectivity index (χ0v) is 14.5. The van der Waals surface area contributed by atoms with E-state index in [1.165, 1.54) is 0 Å². The molecular weight excluding hydrogens is 368 g/mol. The van der Waals surface area contributed by atoms with E-state index in [1.807, 2.05) is 48.5 Å². The molecule has 0 unspecified atom stereocenters. The summed E-state index contributed by atoms with van der Waals surface area (Å²) >= 11 is 3.41. The Bertz CT molecular complexity index is 1160. The van der Waals surface area contributed by atoms with Crippen molar-refractivity contribution in [3.05, 3.63) is 80.3 Å². The van der Waals surface area contributed by atoms with E-state index in [0.717, 1.165) is 26.6 Å². The smallest absolute Gasteiger partial charge is 0.228 e. The van der Waals surface area contributed by atoms with Crippen LogP contribution in [0.1, 0.15) is 5.56 Å². The molecule has 0 N–H and O–H groups in total. The lowest BCUT2D eigenvalue weighted by molar-refractivity contribution is 0.420. The van der Waals surface area contributed by atoms with Crippen molar-refractivity contribution in [3.8, 4) is 5.75 Å². The molecule has 0 saturated heterocycles.